The summed E-state index contributed by atoms with van der Waals surface area (Å²) in [5.41, 5.74) is 2.36. The van der Waals surface area contributed by atoms with E-state index in [2.05, 4.69) is 31.1 Å². The van der Waals surface area contributed by atoms with E-state index in [1.807, 2.05) is 17.1 Å². The molecule has 0 aliphatic heterocycles. The second kappa shape index (κ2) is 10.2. The Balaban J connectivity index is 0.000000614. The molecule has 14 heteroatoms. The van der Waals surface area contributed by atoms with E-state index in [0.717, 1.165) is 11.3 Å². The van der Waals surface area contributed by atoms with Gasteiger partial charge < -0.3 is 4.18 Å². The Hall–Kier alpha value is -3.15. The number of benzene rings is 2. The minimum atomic E-state index is -4.06. The van der Waals surface area contributed by atoms with Gasteiger partial charge in [0.2, 0.25) is 0 Å². The minimum Gasteiger partial charge on any atom is -0.371 e. The van der Waals surface area contributed by atoms with Crippen LogP contribution >= 0.6 is 10.7 Å². The third kappa shape index (κ3) is 9.03. The van der Waals surface area contributed by atoms with Crippen LogP contribution in [0.3, 0.4) is 0 Å². The third-order valence-electron chi connectivity index (χ3n) is 3.53. The quantitative estimate of drug-likeness (QED) is 0.491. The fourth-order valence-corrected chi connectivity index (χ4v) is 2.75. The summed E-state index contributed by atoms with van der Waals surface area (Å²) in [6.45, 7) is 0.511. The lowest BCUT2D eigenvalue weighted by Crippen LogP contribution is -2.27. The zero-order valence-electron chi connectivity index (χ0n) is 15.7. The van der Waals surface area contributed by atoms with Gasteiger partial charge in [-0.25, -0.2) is 14.8 Å². The van der Waals surface area contributed by atoms with Gasteiger partial charge in [0.25, 0.3) is 9.24 Å². The van der Waals surface area contributed by atoms with Crippen LogP contribution in [0, 0.1) is 11.3 Å². The average molecular weight is 485 g/mol. The maximum Gasteiger partial charge on any atom is 0.380 e. The molecule has 0 spiro atoms. The number of nitriles is 1. The van der Waals surface area contributed by atoms with E-state index >= 15 is 0 Å². The van der Waals surface area contributed by atoms with Crippen molar-refractivity contribution >= 4 is 35.9 Å². The van der Waals surface area contributed by atoms with Crippen LogP contribution in [0.4, 0.5) is 5.69 Å². The molecule has 0 fully saturated rings. The highest BCUT2D eigenvalue weighted by Gasteiger charge is 2.11. The van der Waals surface area contributed by atoms with Crippen LogP contribution in [0.1, 0.15) is 11.1 Å². The Bertz CT molecular complexity index is 1230. The molecule has 4 N–H and O–H groups in total. The average Bonchev–Trinajstić information content (AvgIpc) is 3.19. The molecule has 3 rings (SSSR count). The predicted octanol–water partition coefficient (Wildman–Crippen LogP) is 1.24. The van der Waals surface area contributed by atoms with Crippen molar-refractivity contribution in [2.45, 2.75) is 6.54 Å². The van der Waals surface area contributed by atoms with Gasteiger partial charge in [-0.2, -0.15) is 27.2 Å². The molecule has 0 saturated heterocycles. The monoisotopic (exact) mass is 484 g/mol. The summed E-state index contributed by atoms with van der Waals surface area (Å²) in [6.07, 6.45) is 5.10. The Morgan fingerprint density at radius 3 is 2.10 bits per heavy atom. The molecule has 2 aromatic carbocycles. The zero-order valence-corrected chi connectivity index (χ0v) is 18.1. The highest BCUT2D eigenvalue weighted by atomic mass is 35.7. The van der Waals surface area contributed by atoms with Gasteiger partial charge in [0.1, 0.15) is 12.1 Å². The number of anilines is 1. The number of nitrogens with zero attached hydrogens (tertiary/aromatic N) is 4. The van der Waals surface area contributed by atoms with Crippen LogP contribution in [0.25, 0.3) is 0 Å². The van der Waals surface area contributed by atoms with Gasteiger partial charge in [0.05, 0.1) is 23.9 Å². The predicted molar refractivity (Wildman–Crippen MR) is 114 cm³/mol. The van der Waals surface area contributed by atoms with Gasteiger partial charge in [-0.3, -0.25) is 5.01 Å². The molecule has 11 nitrogen and oxygen atoms in total. The number of hydrogen-bond acceptors (Lipinski definition) is 8. The van der Waals surface area contributed by atoms with E-state index in [4.69, 9.17) is 10.4 Å². The smallest absolute Gasteiger partial charge is 0.371 e. The summed E-state index contributed by atoms with van der Waals surface area (Å²) in [4.78, 5) is 4.06. The molecule has 0 aliphatic rings. The van der Waals surface area contributed by atoms with Gasteiger partial charge in [0, 0.05) is 23.1 Å². The molecule has 0 saturated carbocycles. The van der Waals surface area contributed by atoms with Crippen molar-refractivity contribution in [1.82, 2.24) is 9.66 Å². The number of hydrogen-bond donors (Lipinski definition) is 2. The van der Waals surface area contributed by atoms with Gasteiger partial charge in [0.15, 0.2) is 0 Å². The van der Waals surface area contributed by atoms with Gasteiger partial charge >= 0.3 is 10.3 Å². The lowest BCUT2D eigenvalue weighted by Gasteiger charge is -2.25. The molecule has 0 atom stereocenters. The molecule has 0 amide bonds. The van der Waals surface area contributed by atoms with Gasteiger partial charge in [-0.05, 0) is 42.0 Å². The van der Waals surface area contributed by atoms with Gasteiger partial charge in [-0.1, -0.05) is 12.1 Å². The normalized spacial score (nSPS) is 11.0. The first-order valence-corrected chi connectivity index (χ1v) is 12.1. The van der Waals surface area contributed by atoms with E-state index in [1.54, 1.807) is 47.7 Å². The van der Waals surface area contributed by atoms with Crippen molar-refractivity contribution in [3.63, 3.8) is 0 Å². The molecule has 0 aliphatic carbocycles. The van der Waals surface area contributed by atoms with Crippen molar-refractivity contribution in [2.24, 2.45) is 10.3 Å². The zero-order chi connectivity index (χ0) is 23.1. The lowest BCUT2D eigenvalue weighted by molar-refractivity contribution is 0.487. The SMILES string of the molecule is N#Cc1ccc(CN(c2ccc(OS(N)(=O)=O)cc2)n2ccnc2)cc1.NS(=O)(=O)Cl. The number of halogens is 1. The largest absolute Gasteiger partial charge is 0.380 e. The fourth-order valence-electron chi connectivity index (χ4n) is 2.37. The van der Waals surface area contributed by atoms with E-state index < -0.39 is 19.5 Å². The molecule has 1 aromatic heterocycles. The van der Waals surface area contributed by atoms with Crippen LogP contribution in [0.2, 0.25) is 0 Å². The van der Waals surface area contributed by atoms with Crippen molar-refractivity contribution in [3.05, 3.63) is 78.4 Å². The minimum absolute atomic E-state index is 0.125. The number of nitrogens with two attached hydrogens (primary N) is 2. The number of imidazole rings is 1. The molecule has 0 unspecified atom stereocenters. The molecule has 0 radical (unpaired) electrons. The second-order valence-electron chi connectivity index (χ2n) is 5.85. The van der Waals surface area contributed by atoms with Crippen molar-refractivity contribution in [3.8, 4) is 11.8 Å². The first kappa shape index (κ1) is 24.1. The first-order chi connectivity index (χ1) is 14.4. The molecule has 31 heavy (non-hydrogen) atoms. The summed E-state index contributed by atoms with van der Waals surface area (Å²) < 4.78 is 46.8. The number of rotatable bonds is 6. The van der Waals surface area contributed by atoms with Crippen molar-refractivity contribution < 1.29 is 21.0 Å². The second-order valence-corrected chi connectivity index (χ2v) is 9.25. The fraction of sp³-hybridized carbons (Fsp3) is 0.0588. The summed E-state index contributed by atoms with van der Waals surface area (Å²) in [6, 6.07) is 15.8. The topological polar surface area (TPSA) is 174 Å². The summed E-state index contributed by atoms with van der Waals surface area (Å²) in [5.74, 6) is 0.125. The first-order valence-electron chi connectivity index (χ1n) is 8.24. The van der Waals surface area contributed by atoms with Crippen LogP contribution in [-0.2, 0) is 26.1 Å². The summed E-state index contributed by atoms with van der Waals surface area (Å²) >= 11 is 0. The Morgan fingerprint density at radius 2 is 1.65 bits per heavy atom. The third-order valence-corrected chi connectivity index (χ3v) is 3.96. The van der Waals surface area contributed by atoms with Gasteiger partial charge in [-0.15, -0.1) is 0 Å². The molecule has 0 bridgehead atoms. The molecular formula is C17H17ClN6O5S2. The van der Waals surface area contributed by atoms with Crippen molar-refractivity contribution in [1.29, 1.82) is 5.26 Å². The maximum atomic E-state index is 11.0. The van der Waals surface area contributed by atoms with E-state index in [9.17, 15) is 16.8 Å². The van der Waals surface area contributed by atoms with Crippen LogP contribution < -0.4 is 19.5 Å². The Labute approximate surface area is 183 Å². The van der Waals surface area contributed by atoms with Crippen molar-refractivity contribution in [2.75, 3.05) is 5.01 Å². The molecule has 3 aromatic rings. The highest BCUT2D eigenvalue weighted by molar-refractivity contribution is 8.11. The Morgan fingerprint density at radius 1 is 1.06 bits per heavy atom. The van der Waals surface area contributed by atoms with E-state index in [-0.39, 0.29) is 5.75 Å². The standard InChI is InChI=1S/C17H15N5O3S.ClH2NO2S/c18-11-14-1-3-15(4-2-14)12-22(21-10-9-20-13-21)16-5-7-17(8-6-16)25-26(19,23)24;1-5(2,3)4/h1-10,13H,12H2,(H2,19,23,24);(H2,2,3,4). The van der Waals surface area contributed by atoms with E-state index in [0.29, 0.717) is 12.1 Å². The highest BCUT2D eigenvalue weighted by Crippen LogP contribution is 2.22. The maximum absolute atomic E-state index is 11.0. The summed E-state index contributed by atoms with van der Waals surface area (Å²) in [5, 5.41) is 19.8. The molecule has 1 heterocycles. The Kier molecular flexibility index (Phi) is 7.97. The lowest BCUT2D eigenvalue weighted by atomic mass is 10.1. The van der Waals surface area contributed by atoms with Crippen LogP contribution in [0.5, 0.6) is 5.75 Å². The van der Waals surface area contributed by atoms with E-state index in [1.165, 1.54) is 12.1 Å². The van der Waals surface area contributed by atoms with Crippen LogP contribution in [0.15, 0.2) is 67.3 Å². The number of aromatic nitrogens is 2. The summed E-state index contributed by atoms with van der Waals surface area (Å²) in [7, 11) is -3.48. The molecule has 164 valence electrons. The van der Waals surface area contributed by atoms with Crippen LogP contribution in [-0.4, -0.2) is 26.5 Å². The molecular weight excluding hydrogens is 468 g/mol.